The van der Waals surface area contributed by atoms with E-state index in [2.05, 4.69) is 5.32 Å². The van der Waals surface area contributed by atoms with Gasteiger partial charge in [-0.2, -0.15) is 0 Å². The van der Waals surface area contributed by atoms with Crippen molar-refractivity contribution in [2.24, 2.45) is 7.05 Å². The molecule has 1 aliphatic rings. The zero-order valence-electron chi connectivity index (χ0n) is 15.6. The number of carbonyl (C=O) groups excluding carboxylic acids is 2. The highest BCUT2D eigenvalue weighted by atomic mass is 16.7. The zero-order chi connectivity index (χ0) is 19.7. The lowest BCUT2D eigenvalue weighted by molar-refractivity contribution is -0.124. The summed E-state index contributed by atoms with van der Waals surface area (Å²) in [5, 5.41) is 3.61. The Balaban J connectivity index is 1.37. The number of rotatable bonds is 5. The molecule has 0 saturated heterocycles. The van der Waals surface area contributed by atoms with Gasteiger partial charge in [0.05, 0.1) is 11.6 Å². The maximum absolute atomic E-state index is 12.4. The maximum Gasteiger partial charge on any atom is 0.340 e. The first kappa shape index (κ1) is 17.9. The summed E-state index contributed by atoms with van der Waals surface area (Å²) in [5.74, 6) is 0.439. The lowest BCUT2D eigenvalue weighted by Gasteiger charge is -2.15. The fourth-order valence-corrected chi connectivity index (χ4v) is 3.26. The summed E-state index contributed by atoms with van der Waals surface area (Å²) in [4.78, 5) is 24.6. The SMILES string of the molecule is C[C@H](NC(=O)COC(=O)c1cn(C)c2ccccc12)c1ccc2c(c1)OCO2. The molecule has 2 aromatic carbocycles. The largest absolute Gasteiger partial charge is 0.454 e. The molecule has 28 heavy (non-hydrogen) atoms. The van der Waals surface area contributed by atoms with Crippen LogP contribution >= 0.6 is 0 Å². The van der Waals surface area contributed by atoms with Gasteiger partial charge in [-0.15, -0.1) is 0 Å². The number of ether oxygens (including phenoxy) is 3. The highest BCUT2D eigenvalue weighted by molar-refractivity contribution is 6.04. The van der Waals surface area contributed by atoms with E-state index in [1.807, 2.05) is 54.9 Å². The van der Waals surface area contributed by atoms with Crippen LogP contribution in [0.2, 0.25) is 0 Å². The molecule has 0 fully saturated rings. The molecule has 7 nitrogen and oxygen atoms in total. The second kappa shape index (κ2) is 7.26. The molecule has 0 spiro atoms. The highest BCUT2D eigenvalue weighted by Crippen LogP contribution is 2.34. The number of hydrogen-bond donors (Lipinski definition) is 1. The third-order valence-electron chi connectivity index (χ3n) is 4.73. The summed E-state index contributed by atoms with van der Waals surface area (Å²) in [5.41, 5.74) is 2.24. The minimum Gasteiger partial charge on any atom is -0.454 e. The van der Waals surface area contributed by atoms with E-state index in [0.29, 0.717) is 17.1 Å². The van der Waals surface area contributed by atoms with Gasteiger partial charge in [-0.05, 0) is 30.7 Å². The summed E-state index contributed by atoms with van der Waals surface area (Å²) >= 11 is 0. The Kier molecular flexibility index (Phi) is 4.65. The molecular weight excluding hydrogens is 360 g/mol. The van der Waals surface area contributed by atoms with Gasteiger partial charge in [-0.1, -0.05) is 24.3 Å². The van der Waals surface area contributed by atoms with Crippen LogP contribution in [0.1, 0.15) is 28.9 Å². The van der Waals surface area contributed by atoms with Crippen LogP contribution in [-0.2, 0) is 16.6 Å². The minimum atomic E-state index is -0.525. The van der Waals surface area contributed by atoms with Gasteiger partial charge in [0.15, 0.2) is 18.1 Å². The number of amides is 1. The molecule has 1 aliphatic heterocycles. The summed E-state index contributed by atoms with van der Waals surface area (Å²) in [6, 6.07) is 12.8. The first-order valence-electron chi connectivity index (χ1n) is 8.93. The first-order valence-corrected chi connectivity index (χ1v) is 8.93. The minimum absolute atomic E-state index is 0.198. The number of nitrogens with one attached hydrogen (secondary N) is 1. The fourth-order valence-electron chi connectivity index (χ4n) is 3.26. The van der Waals surface area contributed by atoms with Crippen LogP contribution in [0.5, 0.6) is 11.5 Å². The van der Waals surface area contributed by atoms with Crippen molar-refractivity contribution in [1.29, 1.82) is 0 Å². The predicted molar refractivity (Wildman–Crippen MR) is 102 cm³/mol. The molecule has 144 valence electrons. The number of para-hydroxylation sites is 1. The maximum atomic E-state index is 12.4. The van der Waals surface area contributed by atoms with Gasteiger partial charge >= 0.3 is 5.97 Å². The Hall–Kier alpha value is -3.48. The number of fused-ring (bicyclic) bond motifs is 2. The van der Waals surface area contributed by atoms with E-state index in [9.17, 15) is 9.59 Å². The molecule has 0 aliphatic carbocycles. The highest BCUT2D eigenvalue weighted by Gasteiger charge is 2.19. The van der Waals surface area contributed by atoms with Crippen molar-refractivity contribution < 1.29 is 23.8 Å². The van der Waals surface area contributed by atoms with E-state index in [1.165, 1.54) is 0 Å². The molecule has 1 amide bonds. The van der Waals surface area contributed by atoms with E-state index in [1.54, 1.807) is 12.3 Å². The number of esters is 1. The standard InChI is InChI=1S/C21H20N2O5/c1-13(14-7-8-18-19(9-14)28-12-27-18)22-20(24)11-26-21(25)16-10-23(2)17-6-4-3-5-15(16)17/h3-10,13H,11-12H2,1-2H3,(H,22,24)/t13-/m0/s1. The van der Waals surface area contributed by atoms with Crippen LogP contribution in [0.4, 0.5) is 0 Å². The Morgan fingerprint density at radius 2 is 1.96 bits per heavy atom. The van der Waals surface area contributed by atoms with Crippen molar-refractivity contribution in [2.75, 3.05) is 13.4 Å². The van der Waals surface area contributed by atoms with E-state index < -0.39 is 5.97 Å². The summed E-state index contributed by atoms with van der Waals surface area (Å²) in [6.07, 6.45) is 1.71. The molecule has 0 bridgehead atoms. The number of aromatic nitrogens is 1. The molecule has 7 heteroatoms. The second-order valence-electron chi connectivity index (χ2n) is 6.65. The number of aryl methyl sites for hydroxylation is 1. The molecular formula is C21H20N2O5. The summed E-state index contributed by atoms with van der Waals surface area (Å²) in [6.45, 7) is 1.70. The molecule has 3 aromatic rings. The van der Waals surface area contributed by atoms with Crippen LogP contribution in [0.15, 0.2) is 48.7 Å². The Morgan fingerprint density at radius 1 is 1.18 bits per heavy atom. The van der Waals surface area contributed by atoms with Crippen molar-refractivity contribution in [3.05, 3.63) is 59.8 Å². The first-order chi connectivity index (χ1) is 13.5. The predicted octanol–water partition coefficient (Wildman–Crippen LogP) is 2.94. The van der Waals surface area contributed by atoms with Gasteiger partial charge in [0.1, 0.15) is 0 Å². The van der Waals surface area contributed by atoms with E-state index in [0.717, 1.165) is 16.5 Å². The van der Waals surface area contributed by atoms with Crippen LogP contribution in [0.25, 0.3) is 10.9 Å². The quantitative estimate of drug-likeness (QED) is 0.689. The molecule has 4 rings (SSSR count). The average molecular weight is 380 g/mol. The lowest BCUT2D eigenvalue weighted by Crippen LogP contribution is -2.31. The topological polar surface area (TPSA) is 78.8 Å². The molecule has 1 aromatic heterocycles. The van der Waals surface area contributed by atoms with Gasteiger partial charge in [-0.25, -0.2) is 4.79 Å². The van der Waals surface area contributed by atoms with E-state index in [-0.39, 0.29) is 25.3 Å². The van der Waals surface area contributed by atoms with Crippen LogP contribution in [-0.4, -0.2) is 29.8 Å². The Morgan fingerprint density at radius 3 is 2.82 bits per heavy atom. The van der Waals surface area contributed by atoms with Crippen LogP contribution in [0.3, 0.4) is 0 Å². The fraction of sp³-hybridized carbons (Fsp3) is 0.238. The second-order valence-corrected chi connectivity index (χ2v) is 6.65. The van der Waals surface area contributed by atoms with E-state index >= 15 is 0 Å². The van der Waals surface area contributed by atoms with Crippen LogP contribution in [0, 0.1) is 0 Å². The normalized spacial score (nSPS) is 13.4. The molecule has 0 radical (unpaired) electrons. The van der Waals surface area contributed by atoms with Crippen molar-refractivity contribution in [3.8, 4) is 11.5 Å². The molecule has 1 N–H and O–H groups in total. The monoisotopic (exact) mass is 380 g/mol. The number of benzene rings is 2. The average Bonchev–Trinajstić information content (AvgIpc) is 3.30. The zero-order valence-corrected chi connectivity index (χ0v) is 15.6. The third kappa shape index (κ3) is 3.38. The van der Waals surface area contributed by atoms with Gasteiger partial charge in [-0.3, -0.25) is 4.79 Å². The van der Waals surface area contributed by atoms with Gasteiger partial charge in [0, 0.05) is 24.1 Å². The number of nitrogens with zero attached hydrogens (tertiary/aromatic N) is 1. The number of hydrogen-bond acceptors (Lipinski definition) is 5. The van der Waals surface area contributed by atoms with Gasteiger partial charge < -0.3 is 24.1 Å². The lowest BCUT2D eigenvalue weighted by atomic mass is 10.1. The third-order valence-corrected chi connectivity index (χ3v) is 4.73. The summed E-state index contributed by atoms with van der Waals surface area (Å²) in [7, 11) is 1.86. The van der Waals surface area contributed by atoms with Crippen molar-refractivity contribution in [2.45, 2.75) is 13.0 Å². The molecule has 0 saturated carbocycles. The smallest absolute Gasteiger partial charge is 0.340 e. The van der Waals surface area contributed by atoms with E-state index in [4.69, 9.17) is 14.2 Å². The van der Waals surface area contributed by atoms with Gasteiger partial charge in [0.25, 0.3) is 5.91 Å². The molecule has 2 heterocycles. The number of carbonyl (C=O) groups is 2. The van der Waals surface area contributed by atoms with Crippen molar-refractivity contribution in [3.63, 3.8) is 0 Å². The Bertz CT molecular complexity index is 1060. The Labute approximate surface area is 161 Å². The molecule has 1 atom stereocenters. The van der Waals surface area contributed by atoms with Crippen LogP contribution < -0.4 is 14.8 Å². The van der Waals surface area contributed by atoms with Crippen molar-refractivity contribution in [1.82, 2.24) is 9.88 Å². The van der Waals surface area contributed by atoms with Gasteiger partial charge in [0.2, 0.25) is 6.79 Å². The summed E-state index contributed by atoms with van der Waals surface area (Å²) < 4.78 is 17.7. The molecule has 0 unspecified atom stereocenters. The van der Waals surface area contributed by atoms with Crippen molar-refractivity contribution >= 4 is 22.8 Å².